The Morgan fingerprint density at radius 2 is 1.75 bits per heavy atom. The van der Waals surface area contributed by atoms with Crippen molar-refractivity contribution in [2.24, 2.45) is 11.3 Å². The first-order valence-corrected chi connectivity index (χ1v) is 6.15. The Kier molecular flexibility index (Phi) is 2.61. The molecule has 3 atom stereocenters. The van der Waals surface area contributed by atoms with Crippen molar-refractivity contribution in [2.45, 2.75) is 58.8 Å². The fourth-order valence-electron chi connectivity index (χ4n) is 2.43. The van der Waals surface area contributed by atoms with E-state index < -0.39 is 0 Å². The quantitative estimate of drug-likeness (QED) is 0.574. The summed E-state index contributed by atoms with van der Waals surface area (Å²) in [7, 11) is 1.14. The lowest BCUT2D eigenvalue weighted by molar-refractivity contribution is 0.0328. The van der Waals surface area contributed by atoms with E-state index in [2.05, 4.69) is 41.5 Å². The molecular formula is C11H23P. The Labute approximate surface area is 79.3 Å². The highest BCUT2D eigenvalue weighted by Crippen LogP contribution is 2.64. The Balaban J connectivity index is 2.63. The zero-order chi connectivity index (χ0) is 9.57. The minimum absolute atomic E-state index is 0.579. The highest BCUT2D eigenvalue weighted by Gasteiger charge is 2.54. The van der Waals surface area contributed by atoms with Gasteiger partial charge in [0.25, 0.3) is 0 Å². The van der Waals surface area contributed by atoms with E-state index in [0.29, 0.717) is 10.6 Å². The SMILES string of the molecule is CC(C)PC1(C)CC(C)C1(C)C. The summed E-state index contributed by atoms with van der Waals surface area (Å²) in [5, 5.41) is 0.639. The molecule has 0 amide bonds. The molecule has 1 aliphatic carbocycles. The lowest BCUT2D eigenvalue weighted by Crippen LogP contribution is -2.55. The summed E-state index contributed by atoms with van der Waals surface area (Å²) in [6, 6.07) is 0. The van der Waals surface area contributed by atoms with Crippen LogP contribution in [0.15, 0.2) is 0 Å². The molecule has 72 valence electrons. The molecule has 0 heterocycles. The van der Waals surface area contributed by atoms with Gasteiger partial charge in [-0.2, -0.15) is 0 Å². The fourth-order valence-corrected chi connectivity index (χ4v) is 4.74. The number of rotatable bonds is 2. The number of hydrogen-bond acceptors (Lipinski definition) is 0. The Morgan fingerprint density at radius 1 is 1.25 bits per heavy atom. The van der Waals surface area contributed by atoms with Gasteiger partial charge in [0.1, 0.15) is 0 Å². The van der Waals surface area contributed by atoms with Crippen LogP contribution >= 0.6 is 8.58 Å². The summed E-state index contributed by atoms with van der Waals surface area (Å²) in [4.78, 5) is 0. The molecule has 1 heteroatoms. The molecule has 0 bridgehead atoms. The third-order valence-electron chi connectivity index (χ3n) is 3.98. The second kappa shape index (κ2) is 2.98. The van der Waals surface area contributed by atoms with Crippen LogP contribution in [0.4, 0.5) is 0 Å². The van der Waals surface area contributed by atoms with Gasteiger partial charge >= 0.3 is 0 Å². The minimum atomic E-state index is 0.579. The molecule has 0 nitrogen and oxygen atoms in total. The van der Waals surface area contributed by atoms with E-state index >= 15 is 0 Å². The second-order valence-corrected chi connectivity index (χ2v) is 8.00. The lowest BCUT2D eigenvalue weighted by Gasteiger charge is -2.60. The largest absolute Gasteiger partial charge is 0.113 e. The molecule has 1 saturated carbocycles. The standard InChI is InChI=1S/C11H23P/c1-8(2)12-11(6)7-9(3)10(11,4)5/h8-9,12H,7H2,1-6H3. The van der Waals surface area contributed by atoms with Crippen LogP contribution in [0.3, 0.4) is 0 Å². The van der Waals surface area contributed by atoms with Crippen molar-refractivity contribution in [2.75, 3.05) is 0 Å². The number of hydrogen-bond donors (Lipinski definition) is 0. The van der Waals surface area contributed by atoms with Crippen LogP contribution in [0.25, 0.3) is 0 Å². The van der Waals surface area contributed by atoms with E-state index in [-0.39, 0.29) is 0 Å². The van der Waals surface area contributed by atoms with Crippen LogP contribution in [0.5, 0.6) is 0 Å². The summed E-state index contributed by atoms with van der Waals surface area (Å²) >= 11 is 0. The molecule has 1 aliphatic rings. The average Bonchev–Trinajstić information content (AvgIpc) is 1.85. The maximum absolute atomic E-state index is 2.48. The lowest BCUT2D eigenvalue weighted by atomic mass is 9.55. The van der Waals surface area contributed by atoms with Crippen LogP contribution in [0.2, 0.25) is 0 Å². The van der Waals surface area contributed by atoms with Crippen molar-refractivity contribution in [1.82, 2.24) is 0 Å². The molecule has 0 aliphatic heterocycles. The van der Waals surface area contributed by atoms with Gasteiger partial charge in [0.15, 0.2) is 0 Å². The van der Waals surface area contributed by atoms with Crippen LogP contribution in [0.1, 0.15) is 48.0 Å². The predicted molar refractivity (Wildman–Crippen MR) is 59.4 cm³/mol. The molecule has 1 rings (SSSR count). The summed E-state index contributed by atoms with van der Waals surface area (Å²) < 4.78 is 0. The summed E-state index contributed by atoms with van der Waals surface area (Å²) in [5.74, 6) is 0.925. The van der Waals surface area contributed by atoms with Gasteiger partial charge in [0.2, 0.25) is 0 Å². The third-order valence-corrected chi connectivity index (χ3v) is 6.04. The zero-order valence-corrected chi connectivity index (χ0v) is 10.4. The van der Waals surface area contributed by atoms with E-state index in [1.54, 1.807) is 0 Å². The first kappa shape index (κ1) is 10.5. The third kappa shape index (κ3) is 1.43. The van der Waals surface area contributed by atoms with Gasteiger partial charge < -0.3 is 0 Å². The molecule has 0 spiro atoms. The van der Waals surface area contributed by atoms with Gasteiger partial charge in [-0.25, -0.2) is 0 Å². The first-order valence-electron chi connectivity index (χ1n) is 5.07. The topological polar surface area (TPSA) is 0 Å². The Hall–Kier alpha value is 0.430. The van der Waals surface area contributed by atoms with Gasteiger partial charge in [0.05, 0.1) is 0 Å². The van der Waals surface area contributed by atoms with Crippen LogP contribution in [0, 0.1) is 11.3 Å². The van der Waals surface area contributed by atoms with E-state index in [9.17, 15) is 0 Å². The molecule has 0 aromatic heterocycles. The Bertz CT molecular complexity index is 172. The summed E-state index contributed by atoms with van der Waals surface area (Å²) in [6.07, 6.45) is 1.44. The van der Waals surface area contributed by atoms with E-state index in [0.717, 1.165) is 20.2 Å². The smallest absolute Gasteiger partial charge is 0.00915 e. The fraction of sp³-hybridized carbons (Fsp3) is 1.00. The van der Waals surface area contributed by atoms with Crippen molar-refractivity contribution in [1.29, 1.82) is 0 Å². The van der Waals surface area contributed by atoms with Crippen LogP contribution < -0.4 is 0 Å². The van der Waals surface area contributed by atoms with Crippen LogP contribution in [-0.2, 0) is 0 Å². The van der Waals surface area contributed by atoms with E-state index in [4.69, 9.17) is 0 Å². The molecule has 0 aromatic carbocycles. The van der Waals surface area contributed by atoms with E-state index in [1.165, 1.54) is 6.42 Å². The maximum Gasteiger partial charge on any atom is -0.00915 e. The molecule has 0 saturated heterocycles. The monoisotopic (exact) mass is 186 g/mol. The van der Waals surface area contributed by atoms with E-state index in [1.807, 2.05) is 0 Å². The van der Waals surface area contributed by atoms with Crippen molar-refractivity contribution < 1.29 is 0 Å². The predicted octanol–water partition coefficient (Wildman–Crippen LogP) is 3.90. The zero-order valence-electron chi connectivity index (χ0n) is 9.36. The normalized spacial score (nSPS) is 40.8. The summed E-state index contributed by atoms with van der Waals surface area (Å²) in [5.41, 5.74) is 1.46. The van der Waals surface area contributed by atoms with Gasteiger partial charge in [-0.05, 0) is 28.6 Å². The second-order valence-electron chi connectivity index (χ2n) is 5.46. The van der Waals surface area contributed by atoms with Crippen molar-refractivity contribution in [3.05, 3.63) is 0 Å². The van der Waals surface area contributed by atoms with Crippen molar-refractivity contribution >= 4 is 8.58 Å². The molecule has 12 heavy (non-hydrogen) atoms. The van der Waals surface area contributed by atoms with Crippen molar-refractivity contribution in [3.8, 4) is 0 Å². The first-order chi connectivity index (χ1) is 5.29. The molecule has 1 fully saturated rings. The molecule has 0 N–H and O–H groups in total. The van der Waals surface area contributed by atoms with Gasteiger partial charge in [0, 0.05) is 0 Å². The van der Waals surface area contributed by atoms with Crippen molar-refractivity contribution in [3.63, 3.8) is 0 Å². The van der Waals surface area contributed by atoms with Gasteiger partial charge in [-0.15, -0.1) is 8.58 Å². The van der Waals surface area contributed by atoms with Gasteiger partial charge in [-0.1, -0.05) is 41.5 Å². The van der Waals surface area contributed by atoms with Crippen LogP contribution in [-0.4, -0.2) is 10.8 Å². The Morgan fingerprint density at radius 3 is 2.00 bits per heavy atom. The molecule has 0 aromatic rings. The molecular weight excluding hydrogens is 163 g/mol. The highest BCUT2D eigenvalue weighted by atomic mass is 31.1. The van der Waals surface area contributed by atoms with Gasteiger partial charge in [-0.3, -0.25) is 0 Å². The average molecular weight is 186 g/mol. The highest BCUT2D eigenvalue weighted by molar-refractivity contribution is 7.41. The summed E-state index contributed by atoms with van der Waals surface area (Å²) in [6.45, 7) is 14.5. The molecule has 0 radical (unpaired) electrons. The molecule has 3 unspecified atom stereocenters. The minimum Gasteiger partial charge on any atom is -0.113 e. The maximum atomic E-state index is 2.48.